The number of non-ortho nitro benzene ring substituents is 1. The van der Waals surface area contributed by atoms with Crippen LogP contribution in [0.4, 0.5) is 11.4 Å². The van der Waals surface area contributed by atoms with E-state index in [1.165, 1.54) is 54.9 Å². The van der Waals surface area contributed by atoms with E-state index in [-0.39, 0.29) is 17.7 Å². The number of nitro benzene ring substituents is 1. The first kappa shape index (κ1) is 24.0. The Kier molecular flexibility index (Phi) is 6.91. The third-order valence-corrected chi connectivity index (χ3v) is 5.37. The molecule has 2 aromatic carbocycles. The number of pyridine rings is 1. The van der Waals surface area contributed by atoms with Crippen molar-refractivity contribution in [2.45, 2.75) is 12.5 Å². The lowest BCUT2D eigenvalue weighted by Gasteiger charge is -2.27. The average molecular weight is 485 g/mol. The Morgan fingerprint density at radius 2 is 1.69 bits per heavy atom. The zero-order valence-corrected chi connectivity index (χ0v) is 18.7. The number of carbonyl (C=O) groups is 4. The lowest BCUT2D eigenvalue weighted by Crippen LogP contribution is -2.54. The summed E-state index contributed by atoms with van der Waals surface area (Å²) in [5.74, 6) is -2.63. The Morgan fingerprint density at radius 3 is 2.33 bits per heavy atom. The van der Waals surface area contributed by atoms with Crippen LogP contribution in [0.1, 0.15) is 22.3 Å². The molecule has 1 unspecified atom stereocenters. The van der Waals surface area contributed by atoms with E-state index in [2.05, 4.69) is 10.4 Å². The molecule has 1 aliphatic heterocycles. The molecule has 180 valence electrons. The van der Waals surface area contributed by atoms with Gasteiger partial charge in [-0.1, -0.05) is 18.2 Å². The van der Waals surface area contributed by atoms with Gasteiger partial charge >= 0.3 is 0 Å². The van der Waals surface area contributed by atoms with Crippen LogP contribution >= 0.6 is 0 Å². The van der Waals surface area contributed by atoms with Crippen LogP contribution in [-0.2, 0) is 14.4 Å². The lowest BCUT2D eigenvalue weighted by molar-refractivity contribution is -0.384. The van der Waals surface area contributed by atoms with Crippen molar-refractivity contribution >= 4 is 41.1 Å². The number of nitro groups is 1. The van der Waals surface area contributed by atoms with Crippen molar-refractivity contribution in [3.05, 3.63) is 106 Å². The van der Waals surface area contributed by atoms with Crippen LogP contribution in [0.15, 0.2) is 85.2 Å². The Morgan fingerprint density at radius 1 is 1.03 bits per heavy atom. The van der Waals surface area contributed by atoms with Crippen molar-refractivity contribution in [3.63, 3.8) is 0 Å². The maximum Gasteiger partial charge on any atom is 0.270 e. The molecule has 1 fully saturated rings. The summed E-state index contributed by atoms with van der Waals surface area (Å²) < 4.78 is 0. The van der Waals surface area contributed by atoms with Crippen molar-refractivity contribution in [1.29, 1.82) is 0 Å². The third kappa shape index (κ3) is 5.14. The number of nitrogens with zero attached hydrogens (tertiary/aromatic N) is 4. The molecule has 1 aliphatic rings. The summed E-state index contributed by atoms with van der Waals surface area (Å²) in [6.45, 7) is 0. The Balaban J connectivity index is 1.61. The summed E-state index contributed by atoms with van der Waals surface area (Å²) in [5, 5.41) is 11.7. The standard InChI is InChI=1S/C25H19N5O6/c31-22(11-8-17-6-9-20(10-7-17)30(35)36)29(27-24(33)18-12-14-26-15-13-18)21-16-23(32)28(25(21)34)19-4-2-1-3-5-19/h1-15,21H,16H2,(H,27,33). The van der Waals surface area contributed by atoms with Crippen molar-refractivity contribution in [1.82, 2.24) is 15.4 Å². The van der Waals surface area contributed by atoms with E-state index in [0.717, 1.165) is 16.0 Å². The third-order valence-electron chi connectivity index (χ3n) is 5.37. The monoisotopic (exact) mass is 485 g/mol. The molecule has 3 aromatic rings. The zero-order chi connectivity index (χ0) is 25.7. The lowest BCUT2D eigenvalue weighted by atomic mass is 10.2. The first-order valence-corrected chi connectivity index (χ1v) is 10.7. The number of benzene rings is 2. The van der Waals surface area contributed by atoms with Crippen molar-refractivity contribution in [2.75, 3.05) is 4.90 Å². The number of para-hydroxylation sites is 1. The van der Waals surface area contributed by atoms with E-state index in [9.17, 15) is 29.3 Å². The van der Waals surface area contributed by atoms with Crippen LogP contribution in [0.25, 0.3) is 6.08 Å². The molecular formula is C25H19N5O6. The highest BCUT2D eigenvalue weighted by molar-refractivity contribution is 6.23. The zero-order valence-electron chi connectivity index (χ0n) is 18.7. The molecule has 1 atom stereocenters. The largest absolute Gasteiger partial charge is 0.274 e. The van der Waals surface area contributed by atoms with E-state index in [4.69, 9.17) is 0 Å². The van der Waals surface area contributed by atoms with Crippen molar-refractivity contribution < 1.29 is 24.1 Å². The molecule has 36 heavy (non-hydrogen) atoms. The number of amides is 4. The molecule has 0 spiro atoms. The van der Waals surface area contributed by atoms with Gasteiger partial charge in [0.25, 0.3) is 23.4 Å². The molecule has 11 nitrogen and oxygen atoms in total. The van der Waals surface area contributed by atoms with Gasteiger partial charge in [0, 0.05) is 36.2 Å². The predicted octanol–water partition coefficient (Wildman–Crippen LogP) is 2.51. The van der Waals surface area contributed by atoms with Crippen LogP contribution in [0.3, 0.4) is 0 Å². The van der Waals surface area contributed by atoms with Gasteiger partial charge in [-0.05, 0) is 48.0 Å². The highest BCUT2D eigenvalue weighted by Crippen LogP contribution is 2.25. The molecular weight excluding hydrogens is 466 g/mol. The van der Waals surface area contributed by atoms with Crippen LogP contribution in [0.2, 0.25) is 0 Å². The second-order valence-electron chi connectivity index (χ2n) is 7.69. The highest BCUT2D eigenvalue weighted by Gasteiger charge is 2.45. The number of hydrogen-bond acceptors (Lipinski definition) is 7. The number of hydrogen-bond donors (Lipinski definition) is 1. The van der Waals surface area contributed by atoms with Crippen molar-refractivity contribution in [2.24, 2.45) is 0 Å². The van der Waals surface area contributed by atoms with E-state index in [1.807, 2.05) is 0 Å². The van der Waals surface area contributed by atoms with Gasteiger partial charge in [-0.3, -0.25) is 39.7 Å². The molecule has 0 bridgehead atoms. The van der Waals surface area contributed by atoms with Gasteiger partial charge in [0.05, 0.1) is 17.0 Å². The molecule has 4 amide bonds. The van der Waals surface area contributed by atoms with E-state index >= 15 is 0 Å². The Hall–Kier alpha value is -5.19. The minimum Gasteiger partial charge on any atom is -0.274 e. The first-order chi connectivity index (χ1) is 17.3. The Labute approximate surface area is 204 Å². The molecule has 11 heteroatoms. The summed E-state index contributed by atoms with van der Waals surface area (Å²) >= 11 is 0. The number of carbonyl (C=O) groups excluding carboxylic acids is 4. The Bertz CT molecular complexity index is 1340. The normalized spacial score (nSPS) is 15.2. The second-order valence-corrected chi connectivity index (χ2v) is 7.69. The average Bonchev–Trinajstić information content (AvgIpc) is 3.20. The molecule has 1 aromatic heterocycles. The van der Waals surface area contributed by atoms with Crippen LogP contribution in [-0.4, -0.2) is 44.6 Å². The van der Waals surface area contributed by atoms with Gasteiger partial charge in [-0.25, -0.2) is 9.91 Å². The van der Waals surface area contributed by atoms with Crippen molar-refractivity contribution in [3.8, 4) is 0 Å². The summed E-state index contributed by atoms with van der Waals surface area (Å²) in [7, 11) is 0. The van der Waals surface area contributed by atoms with Gasteiger partial charge in [-0.2, -0.15) is 0 Å². The van der Waals surface area contributed by atoms with Gasteiger partial charge in [0.2, 0.25) is 5.91 Å². The fraction of sp³-hybridized carbons (Fsp3) is 0.0800. The summed E-state index contributed by atoms with van der Waals surface area (Å²) in [4.78, 5) is 67.0. The fourth-order valence-electron chi connectivity index (χ4n) is 3.58. The highest BCUT2D eigenvalue weighted by atomic mass is 16.6. The topological polar surface area (TPSA) is 143 Å². The number of imide groups is 1. The van der Waals surface area contributed by atoms with Crippen LogP contribution < -0.4 is 10.3 Å². The number of nitrogens with one attached hydrogen (secondary N) is 1. The number of rotatable bonds is 6. The maximum absolute atomic E-state index is 13.2. The molecule has 0 saturated carbocycles. The molecule has 1 saturated heterocycles. The van der Waals surface area contributed by atoms with Gasteiger partial charge in [0.15, 0.2) is 0 Å². The minimum absolute atomic E-state index is 0.110. The number of anilines is 1. The smallest absolute Gasteiger partial charge is 0.270 e. The van der Waals surface area contributed by atoms with Gasteiger partial charge in [0.1, 0.15) is 6.04 Å². The molecule has 1 N–H and O–H groups in total. The summed E-state index contributed by atoms with van der Waals surface area (Å²) in [6, 6.07) is 15.3. The second kappa shape index (κ2) is 10.4. The van der Waals surface area contributed by atoms with E-state index in [0.29, 0.717) is 11.3 Å². The maximum atomic E-state index is 13.2. The summed E-state index contributed by atoms with van der Waals surface area (Å²) in [6.07, 6.45) is 4.96. The van der Waals surface area contributed by atoms with Crippen LogP contribution in [0, 0.1) is 10.1 Å². The van der Waals surface area contributed by atoms with Gasteiger partial charge in [-0.15, -0.1) is 0 Å². The first-order valence-electron chi connectivity index (χ1n) is 10.7. The summed E-state index contributed by atoms with van der Waals surface area (Å²) in [5.41, 5.74) is 3.35. The minimum atomic E-state index is -1.28. The number of aromatic nitrogens is 1. The molecule has 2 heterocycles. The molecule has 4 rings (SSSR count). The molecule has 0 radical (unpaired) electrons. The quantitative estimate of drug-likeness (QED) is 0.245. The van der Waals surface area contributed by atoms with Crippen LogP contribution in [0.5, 0.6) is 0 Å². The predicted molar refractivity (Wildman–Crippen MR) is 128 cm³/mol. The SMILES string of the molecule is O=C(NN(C(=O)C=Cc1ccc([N+](=O)[O-])cc1)C1CC(=O)N(c2ccccc2)C1=O)c1ccncc1. The van der Waals surface area contributed by atoms with Gasteiger partial charge < -0.3 is 0 Å². The number of hydrazine groups is 1. The van der Waals surface area contributed by atoms with E-state index < -0.39 is 34.6 Å². The molecule has 0 aliphatic carbocycles. The van der Waals surface area contributed by atoms with E-state index in [1.54, 1.807) is 30.3 Å². The fourth-order valence-corrected chi connectivity index (χ4v) is 3.58.